The zero-order chi connectivity index (χ0) is 30.8. The molecule has 3 aromatic carbocycles. The monoisotopic (exact) mass is 583 g/mol. The SMILES string of the molecule is Cc1cc(CCCCOc2ccc(C#Cc3cccc4c(CCCC(=O)O)c(C)n(CCCC(=O)O)c34)cc2)ccc1F. The molecule has 0 aliphatic rings. The number of carboxylic acid groups (broad SMARTS) is 2. The van der Waals surface area contributed by atoms with E-state index in [-0.39, 0.29) is 18.7 Å². The molecule has 43 heavy (non-hydrogen) atoms. The van der Waals surface area contributed by atoms with Crippen LogP contribution in [0.25, 0.3) is 10.9 Å². The topological polar surface area (TPSA) is 88.8 Å². The molecule has 0 atom stereocenters. The van der Waals surface area contributed by atoms with Gasteiger partial charge in [-0.25, -0.2) is 4.39 Å². The molecule has 0 radical (unpaired) electrons. The molecule has 1 heterocycles. The number of rotatable bonds is 14. The van der Waals surface area contributed by atoms with Crippen LogP contribution < -0.4 is 4.74 Å². The molecule has 7 heteroatoms. The first kappa shape index (κ1) is 31.4. The van der Waals surface area contributed by atoms with Crippen LogP contribution in [-0.2, 0) is 29.0 Å². The van der Waals surface area contributed by atoms with Crippen molar-refractivity contribution < 1.29 is 28.9 Å². The number of nitrogens with zero attached hydrogens (tertiary/aromatic N) is 1. The van der Waals surface area contributed by atoms with Crippen LogP contribution in [0.15, 0.2) is 60.7 Å². The van der Waals surface area contributed by atoms with Crippen molar-refractivity contribution in [3.05, 3.63) is 100.0 Å². The second kappa shape index (κ2) is 15.1. The number of halogens is 1. The summed E-state index contributed by atoms with van der Waals surface area (Å²) in [5.74, 6) is 5.53. The lowest BCUT2D eigenvalue weighted by molar-refractivity contribution is -0.138. The van der Waals surface area contributed by atoms with E-state index in [0.29, 0.717) is 38.0 Å². The van der Waals surface area contributed by atoms with Crippen LogP contribution in [0.2, 0.25) is 0 Å². The van der Waals surface area contributed by atoms with E-state index in [4.69, 9.17) is 14.9 Å². The first-order valence-corrected chi connectivity index (χ1v) is 14.8. The van der Waals surface area contributed by atoms with Gasteiger partial charge in [-0.3, -0.25) is 9.59 Å². The molecule has 2 N–H and O–H groups in total. The molecule has 4 rings (SSSR count). The fraction of sp³-hybridized carbons (Fsp3) is 0.333. The summed E-state index contributed by atoms with van der Waals surface area (Å²) >= 11 is 0. The summed E-state index contributed by atoms with van der Waals surface area (Å²) in [6.45, 7) is 4.93. The Morgan fingerprint density at radius 1 is 0.860 bits per heavy atom. The van der Waals surface area contributed by atoms with E-state index < -0.39 is 11.9 Å². The second-order valence-corrected chi connectivity index (χ2v) is 10.8. The van der Waals surface area contributed by atoms with E-state index >= 15 is 0 Å². The fourth-order valence-corrected chi connectivity index (χ4v) is 5.36. The normalized spacial score (nSPS) is 10.9. The van der Waals surface area contributed by atoms with Gasteiger partial charge in [0.2, 0.25) is 0 Å². The third-order valence-electron chi connectivity index (χ3n) is 7.61. The lowest BCUT2D eigenvalue weighted by Gasteiger charge is -2.09. The number of para-hydroxylation sites is 1. The second-order valence-electron chi connectivity index (χ2n) is 10.8. The summed E-state index contributed by atoms with van der Waals surface area (Å²) in [6, 6.07) is 18.9. The van der Waals surface area contributed by atoms with E-state index in [9.17, 15) is 14.0 Å². The van der Waals surface area contributed by atoms with Crippen LogP contribution in [0.4, 0.5) is 4.39 Å². The maximum atomic E-state index is 13.4. The quantitative estimate of drug-likeness (QED) is 0.119. The number of hydrogen-bond acceptors (Lipinski definition) is 3. The van der Waals surface area contributed by atoms with Gasteiger partial charge in [0.05, 0.1) is 12.1 Å². The summed E-state index contributed by atoms with van der Waals surface area (Å²) in [4.78, 5) is 22.2. The summed E-state index contributed by atoms with van der Waals surface area (Å²) in [5, 5.41) is 19.3. The molecule has 0 fully saturated rings. The molecule has 0 aliphatic carbocycles. The number of fused-ring (bicyclic) bond motifs is 1. The van der Waals surface area contributed by atoms with Crippen LogP contribution in [0.1, 0.15) is 72.0 Å². The third-order valence-corrected chi connectivity index (χ3v) is 7.61. The van der Waals surface area contributed by atoms with E-state index in [1.165, 1.54) is 6.07 Å². The van der Waals surface area contributed by atoms with Gasteiger partial charge >= 0.3 is 11.9 Å². The molecule has 0 amide bonds. The average Bonchev–Trinajstić information content (AvgIpc) is 3.24. The van der Waals surface area contributed by atoms with Gasteiger partial charge in [0.1, 0.15) is 11.6 Å². The number of carbonyl (C=O) groups is 2. The van der Waals surface area contributed by atoms with E-state index in [2.05, 4.69) is 16.4 Å². The first-order chi connectivity index (χ1) is 20.7. The highest BCUT2D eigenvalue weighted by atomic mass is 19.1. The Balaban J connectivity index is 1.43. The van der Waals surface area contributed by atoms with E-state index in [1.54, 1.807) is 6.92 Å². The van der Waals surface area contributed by atoms with Crippen LogP contribution in [-0.4, -0.2) is 33.3 Å². The zero-order valence-corrected chi connectivity index (χ0v) is 24.8. The van der Waals surface area contributed by atoms with Gasteiger partial charge in [-0.1, -0.05) is 36.1 Å². The van der Waals surface area contributed by atoms with Crippen molar-refractivity contribution in [1.82, 2.24) is 4.57 Å². The Kier molecular flexibility index (Phi) is 11.0. The smallest absolute Gasteiger partial charge is 0.303 e. The predicted molar refractivity (Wildman–Crippen MR) is 166 cm³/mol. The number of hydrogen-bond donors (Lipinski definition) is 2. The van der Waals surface area contributed by atoms with Gasteiger partial charge in [-0.15, -0.1) is 0 Å². The summed E-state index contributed by atoms with van der Waals surface area (Å²) in [5.41, 5.74) is 6.56. The number of unbranched alkanes of at least 4 members (excludes halogenated alkanes) is 1. The van der Waals surface area contributed by atoms with Gasteiger partial charge in [-0.05, 0) is 105 Å². The molecular formula is C36H38FNO5. The molecule has 224 valence electrons. The number of ether oxygens (including phenoxy) is 1. The van der Waals surface area contributed by atoms with Crippen LogP contribution in [0, 0.1) is 31.5 Å². The summed E-state index contributed by atoms with van der Waals surface area (Å²) < 4.78 is 21.5. The zero-order valence-electron chi connectivity index (χ0n) is 24.8. The minimum Gasteiger partial charge on any atom is -0.494 e. The number of aliphatic carboxylic acids is 2. The minimum absolute atomic E-state index is 0.0731. The van der Waals surface area contributed by atoms with Crippen LogP contribution >= 0.6 is 0 Å². The third kappa shape index (κ3) is 8.71. The summed E-state index contributed by atoms with van der Waals surface area (Å²) in [7, 11) is 0. The number of aryl methyl sites for hydroxylation is 4. The van der Waals surface area contributed by atoms with Gasteiger partial charge in [-0.2, -0.15) is 0 Å². The van der Waals surface area contributed by atoms with E-state index in [1.807, 2.05) is 61.5 Å². The average molecular weight is 584 g/mol. The molecule has 0 saturated heterocycles. The first-order valence-electron chi connectivity index (χ1n) is 14.8. The van der Waals surface area contributed by atoms with Crippen LogP contribution in [0.3, 0.4) is 0 Å². The van der Waals surface area contributed by atoms with Crippen molar-refractivity contribution in [3.63, 3.8) is 0 Å². The van der Waals surface area contributed by atoms with Crippen molar-refractivity contribution in [2.24, 2.45) is 0 Å². The van der Waals surface area contributed by atoms with Crippen molar-refractivity contribution in [3.8, 4) is 17.6 Å². The Morgan fingerprint density at radius 2 is 1.60 bits per heavy atom. The van der Waals surface area contributed by atoms with Gasteiger partial charge in [0, 0.05) is 41.6 Å². The lowest BCUT2D eigenvalue weighted by Crippen LogP contribution is -2.05. The van der Waals surface area contributed by atoms with Crippen molar-refractivity contribution in [2.75, 3.05) is 6.61 Å². The molecule has 0 bridgehead atoms. The van der Waals surface area contributed by atoms with Gasteiger partial charge in [0.25, 0.3) is 0 Å². The highest BCUT2D eigenvalue weighted by Crippen LogP contribution is 2.30. The Morgan fingerprint density at radius 3 is 2.33 bits per heavy atom. The van der Waals surface area contributed by atoms with Crippen molar-refractivity contribution in [2.45, 2.75) is 71.8 Å². The number of carboxylic acids is 2. The van der Waals surface area contributed by atoms with Crippen molar-refractivity contribution >= 4 is 22.8 Å². The fourth-order valence-electron chi connectivity index (χ4n) is 5.36. The highest BCUT2D eigenvalue weighted by Gasteiger charge is 2.17. The Labute approximate surface area is 252 Å². The number of benzene rings is 3. The Bertz CT molecular complexity index is 1640. The molecule has 0 unspecified atom stereocenters. The van der Waals surface area contributed by atoms with Crippen LogP contribution in [0.5, 0.6) is 5.75 Å². The van der Waals surface area contributed by atoms with Gasteiger partial charge in [0.15, 0.2) is 0 Å². The number of aromatic nitrogens is 1. The molecule has 0 saturated carbocycles. The maximum Gasteiger partial charge on any atom is 0.303 e. The highest BCUT2D eigenvalue weighted by molar-refractivity contribution is 5.90. The maximum absolute atomic E-state index is 13.4. The lowest BCUT2D eigenvalue weighted by atomic mass is 10.0. The summed E-state index contributed by atoms with van der Waals surface area (Å²) in [6.07, 6.45) is 4.56. The predicted octanol–water partition coefficient (Wildman–Crippen LogP) is 7.47. The van der Waals surface area contributed by atoms with E-state index in [0.717, 1.165) is 63.9 Å². The molecule has 4 aromatic rings. The molecule has 6 nitrogen and oxygen atoms in total. The Hall–Kier alpha value is -4.57. The van der Waals surface area contributed by atoms with Crippen molar-refractivity contribution in [1.29, 1.82) is 0 Å². The molecule has 0 aliphatic heterocycles. The molecular weight excluding hydrogens is 545 g/mol. The van der Waals surface area contributed by atoms with Gasteiger partial charge < -0.3 is 19.5 Å². The molecule has 1 aromatic heterocycles. The standard InChI is InChI=1S/C36H38FNO5/c1-25-24-28(17-21-33(25)37)8-3-4-23-43-30-19-15-27(16-20-30)14-18-29-9-5-11-32-31(10-6-12-34(39)40)26(2)38(36(29)32)22-7-13-35(41)42/h5,9,11,15-17,19-21,24H,3-4,6-8,10,12-13,22-23H2,1-2H3,(H,39,40)(H,41,42). The molecule has 0 spiro atoms. The minimum atomic E-state index is -0.830. The largest absolute Gasteiger partial charge is 0.494 e.